The Hall–Kier alpha value is -4.14. The van der Waals surface area contributed by atoms with Gasteiger partial charge in [0.15, 0.2) is 11.5 Å². The normalized spacial score (nSPS) is 19.0. The smallest absolute Gasteiger partial charge is 0.295 e. The first-order valence-corrected chi connectivity index (χ1v) is 10.9. The van der Waals surface area contributed by atoms with E-state index in [2.05, 4.69) is 4.98 Å². The number of carbonyl (C=O) groups excluding carboxylic acids is 2. The van der Waals surface area contributed by atoms with Gasteiger partial charge in [-0.2, -0.15) is 0 Å². The molecule has 8 nitrogen and oxygen atoms in total. The van der Waals surface area contributed by atoms with Crippen molar-refractivity contribution in [2.24, 2.45) is 0 Å². The average molecular weight is 463 g/mol. The van der Waals surface area contributed by atoms with Crippen LogP contribution in [0.5, 0.6) is 11.5 Å². The lowest BCUT2D eigenvalue weighted by Crippen LogP contribution is -2.31. The quantitative estimate of drug-likeness (QED) is 0.343. The summed E-state index contributed by atoms with van der Waals surface area (Å²) in [6.07, 6.45) is 5.62. The molecule has 174 valence electrons. The van der Waals surface area contributed by atoms with Crippen LogP contribution in [0.1, 0.15) is 23.6 Å². The predicted octanol–water partition coefficient (Wildman–Crippen LogP) is 3.31. The first-order chi connectivity index (χ1) is 16.5. The topological polar surface area (TPSA) is 93.9 Å². The van der Waals surface area contributed by atoms with E-state index < -0.39 is 23.5 Å². The van der Waals surface area contributed by atoms with Crippen LogP contribution < -0.4 is 9.47 Å². The number of hydrogen-bond acceptors (Lipinski definition) is 6. The van der Waals surface area contributed by atoms with Crippen LogP contribution in [0.3, 0.4) is 0 Å². The molecular formula is C25H22FN3O5. The highest BCUT2D eigenvalue weighted by Crippen LogP contribution is 2.41. The summed E-state index contributed by atoms with van der Waals surface area (Å²) in [5.74, 6) is -1.65. The number of benzene rings is 2. The number of imidazole rings is 1. The molecule has 0 radical (unpaired) electrons. The summed E-state index contributed by atoms with van der Waals surface area (Å²) < 4.78 is 27.8. The Morgan fingerprint density at radius 2 is 1.88 bits per heavy atom. The Morgan fingerprint density at radius 3 is 2.65 bits per heavy atom. The third kappa shape index (κ3) is 3.89. The summed E-state index contributed by atoms with van der Waals surface area (Å²) in [6.45, 7) is 1.53. The van der Waals surface area contributed by atoms with Gasteiger partial charge in [-0.1, -0.05) is 18.2 Å². The number of likely N-dealkylation sites (tertiary alicyclic amines) is 1. The number of nitrogens with zero attached hydrogens (tertiary/aromatic N) is 3. The summed E-state index contributed by atoms with van der Waals surface area (Å²) in [5.41, 5.74) is 0.264. The van der Waals surface area contributed by atoms with Crippen molar-refractivity contribution in [3.63, 3.8) is 0 Å². The Labute approximate surface area is 194 Å². The van der Waals surface area contributed by atoms with E-state index in [0.29, 0.717) is 37.7 Å². The molecule has 9 heteroatoms. The monoisotopic (exact) mass is 463 g/mol. The molecule has 0 aliphatic carbocycles. The minimum atomic E-state index is -1.06. The van der Waals surface area contributed by atoms with Crippen molar-refractivity contribution in [1.82, 2.24) is 14.5 Å². The molecule has 2 aliphatic rings. The van der Waals surface area contributed by atoms with Gasteiger partial charge in [0, 0.05) is 36.6 Å². The van der Waals surface area contributed by atoms with Gasteiger partial charge >= 0.3 is 0 Å². The van der Waals surface area contributed by atoms with Crippen LogP contribution in [-0.4, -0.2) is 51.0 Å². The highest BCUT2D eigenvalue weighted by Gasteiger charge is 2.46. The van der Waals surface area contributed by atoms with E-state index in [1.54, 1.807) is 43.0 Å². The lowest BCUT2D eigenvalue weighted by molar-refractivity contribution is -0.140. The highest BCUT2D eigenvalue weighted by molar-refractivity contribution is 6.46. The fourth-order valence-electron chi connectivity index (χ4n) is 4.32. The largest absolute Gasteiger partial charge is 0.507 e. The number of ketones is 1. The zero-order valence-electron chi connectivity index (χ0n) is 18.2. The third-order valence-electron chi connectivity index (χ3n) is 5.93. The molecule has 2 aromatic carbocycles. The number of aliphatic hydroxyl groups is 1. The molecule has 1 atom stereocenters. The van der Waals surface area contributed by atoms with Gasteiger partial charge in [-0.15, -0.1) is 0 Å². The molecule has 1 N–H and O–H groups in total. The Bertz CT molecular complexity index is 1270. The van der Waals surface area contributed by atoms with Crippen LogP contribution in [0.15, 0.2) is 66.8 Å². The molecule has 1 saturated heterocycles. The Morgan fingerprint density at radius 1 is 1.09 bits per heavy atom. The minimum Gasteiger partial charge on any atom is -0.507 e. The fraction of sp³-hybridized carbons (Fsp3) is 0.240. The van der Waals surface area contributed by atoms with Gasteiger partial charge in [-0.05, 0) is 30.7 Å². The number of halogens is 1. The summed E-state index contributed by atoms with van der Waals surface area (Å²) in [6, 6.07) is 9.65. The van der Waals surface area contributed by atoms with Gasteiger partial charge in [0.2, 0.25) is 0 Å². The van der Waals surface area contributed by atoms with Crippen molar-refractivity contribution in [3.05, 3.63) is 83.7 Å². The molecule has 0 saturated carbocycles. The van der Waals surface area contributed by atoms with E-state index in [-0.39, 0.29) is 29.0 Å². The van der Waals surface area contributed by atoms with E-state index in [1.165, 1.54) is 23.1 Å². The number of Topliss-reactive ketones (excluding diaryl/α,β-unsaturated/α-hetero) is 1. The zero-order chi connectivity index (χ0) is 23.7. The van der Waals surface area contributed by atoms with Gasteiger partial charge in [0.1, 0.15) is 24.8 Å². The van der Waals surface area contributed by atoms with E-state index in [9.17, 15) is 19.1 Å². The number of ether oxygens (including phenoxy) is 2. The maximum absolute atomic E-state index is 14.9. The van der Waals surface area contributed by atoms with Crippen LogP contribution in [0.2, 0.25) is 0 Å². The lowest BCUT2D eigenvalue weighted by atomic mass is 9.94. The van der Waals surface area contributed by atoms with Gasteiger partial charge in [-0.25, -0.2) is 9.37 Å². The van der Waals surface area contributed by atoms with Crippen LogP contribution in [-0.2, 0) is 16.1 Å². The van der Waals surface area contributed by atoms with E-state index in [4.69, 9.17) is 9.47 Å². The second kappa shape index (κ2) is 9.01. The van der Waals surface area contributed by atoms with Gasteiger partial charge in [0.25, 0.3) is 11.7 Å². The molecule has 3 aromatic rings. The summed E-state index contributed by atoms with van der Waals surface area (Å²) in [4.78, 5) is 31.4. The average Bonchev–Trinajstić information content (AvgIpc) is 3.46. The number of rotatable bonds is 6. The number of aromatic nitrogens is 2. The van der Waals surface area contributed by atoms with Gasteiger partial charge in [0.05, 0.1) is 17.9 Å². The molecule has 5 rings (SSSR count). The van der Waals surface area contributed by atoms with Crippen molar-refractivity contribution >= 4 is 17.4 Å². The number of carbonyl (C=O) groups is 2. The van der Waals surface area contributed by atoms with E-state index in [1.807, 2.05) is 4.57 Å². The number of fused-ring (bicyclic) bond motifs is 1. The summed E-state index contributed by atoms with van der Waals surface area (Å²) >= 11 is 0. The SMILES string of the molecule is O=C1C(=O)N(CCCn2ccnc2)C(c2ccccc2F)C1=C(O)c1ccc2c(c1)OCCO2. The molecule has 0 bridgehead atoms. The standard InChI is InChI=1S/C25H22FN3O5/c26-18-5-2-1-4-17(18)22-21(23(30)16-6-7-19-20(14-16)34-13-12-33-19)24(31)25(32)29(22)10-3-9-28-11-8-27-15-28/h1-2,4-8,11,14-15,22,30H,3,9-10,12-13H2. The first kappa shape index (κ1) is 21.7. The fourth-order valence-corrected chi connectivity index (χ4v) is 4.32. The molecule has 2 aliphatic heterocycles. The number of amides is 1. The van der Waals surface area contributed by atoms with Crippen molar-refractivity contribution < 1.29 is 28.6 Å². The Kier molecular flexibility index (Phi) is 5.75. The van der Waals surface area contributed by atoms with Crippen molar-refractivity contribution in [1.29, 1.82) is 0 Å². The zero-order valence-corrected chi connectivity index (χ0v) is 18.2. The summed E-state index contributed by atoms with van der Waals surface area (Å²) in [7, 11) is 0. The minimum absolute atomic E-state index is 0.142. The number of aryl methyl sites for hydroxylation is 1. The number of hydrogen-bond donors (Lipinski definition) is 1. The van der Waals surface area contributed by atoms with Gasteiger partial charge in [-0.3, -0.25) is 9.59 Å². The molecule has 3 heterocycles. The van der Waals surface area contributed by atoms with Gasteiger partial charge < -0.3 is 24.0 Å². The van der Waals surface area contributed by atoms with Crippen LogP contribution in [0, 0.1) is 5.82 Å². The van der Waals surface area contributed by atoms with E-state index in [0.717, 1.165) is 0 Å². The van der Waals surface area contributed by atoms with Crippen molar-refractivity contribution in [3.8, 4) is 11.5 Å². The molecule has 1 unspecified atom stereocenters. The predicted molar refractivity (Wildman–Crippen MR) is 120 cm³/mol. The van der Waals surface area contributed by atoms with E-state index >= 15 is 0 Å². The van der Waals surface area contributed by atoms with Crippen molar-refractivity contribution in [2.45, 2.75) is 19.0 Å². The van der Waals surface area contributed by atoms with Crippen LogP contribution >= 0.6 is 0 Å². The second-order valence-electron chi connectivity index (χ2n) is 8.03. The van der Waals surface area contributed by atoms with Crippen molar-refractivity contribution in [2.75, 3.05) is 19.8 Å². The highest BCUT2D eigenvalue weighted by atomic mass is 19.1. The molecule has 34 heavy (non-hydrogen) atoms. The second-order valence-corrected chi connectivity index (χ2v) is 8.03. The maximum Gasteiger partial charge on any atom is 0.295 e. The molecule has 1 aromatic heterocycles. The van der Waals surface area contributed by atoms with Crippen LogP contribution in [0.4, 0.5) is 4.39 Å². The number of aliphatic hydroxyl groups excluding tert-OH is 1. The lowest BCUT2D eigenvalue weighted by Gasteiger charge is -2.26. The molecular weight excluding hydrogens is 441 g/mol. The molecule has 1 amide bonds. The first-order valence-electron chi connectivity index (χ1n) is 10.9. The Balaban J connectivity index is 1.55. The third-order valence-corrected chi connectivity index (χ3v) is 5.93. The maximum atomic E-state index is 14.9. The summed E-state index contributed by atoms with van der Waals surface area (Å²) in [5, 5.41) is 11.2. The van der Waals surface area contributed by atoms with Crippen LogP contribution in [0.25, 0.3) is 5.76 Å². The molecule has 0 spiro atoms. The molecule has 1 fully saturated rings.